The molecule has 0 aromatic rings. The van der Waals surface area contributed by atoms with Crippen LogP contribution in [0.4, 0.5) is 0 Å². The van der Waals surface area contributed by atoms with Gasteiger partial charge < -0.3 is 4.74 Å². The first-order valence-electron chi connectivity index (χ1n) is 5.53. The third kappa shape index (κ3) is 3.28. The molecule has 1 aliphatic heterocycles. The van der Waals surface area contributed by atoms with Crippen LogP contribution in [-0.4, -0.2) is 36.2 Å². The van der Waals surface area contributed by atoms with Crippen molar-refractivity contribution < 1.29 is 4.74 Å². The topological polar surface area (TPSA) is 12.5 Å². The van der Waals surface area contributed by atoms with Crippen molar-refractivity contribution >= 4 is 0 Å². The summed E-state index contributed by atoms with van der Waals surface area (Å²) in [6.45, 7) is 11.1. The Balaban J connectivity index is 2.30. The Morgan fingerprint density at radius 3 is 2.46 bits per heavy atom. The van der Waals surface area contributed by atoms with E-state index in [1.807, 2.05) is 0 Å². The summed E-state index contributed by atoms with van der Waals surface area (Å²) in [6.07, 6.45) is 3.44. The molecule has 2 unspecified atom stereocenters. The van der Waals surface area contributed by atoms with Gasteiger partial charge in [0, 0.05) is 12.6 Å². The van der Waals surface area contributed by atoms with Crippen LogP contribution in [-0.2, 0) is 4.74 Å². The molecular formula is C11H23NO. The lowest BCUT2D eigenvalue weighted by atomic mass is 10.2. The van der Waals surface area contributed by atoms with E-state index in [1.165, 1.54) is 12.8 Å². The lowest BCUT2D eigenvalue weighted by Crippen LogP contribution is -2.37. The fourth-order valence-corrected chi connectivity index (χ4v) is 1.99. The van der Waals surface area contributed by atoms with Gasteiger partial charge in [-0.3, -0.25) is 4.90 Å². The molecular weight excluding hydrogens is 162 g/mol. The molecule has 78 valence electrons. The Labute approximate surface area is 82.3 Å². The van der Waals surface area contributed by atoms with Crippen LogP contribution in [0.1, 0.15) is 40.5 Å². The average Bonchev–Trinajstić information content (AvgIpc) is 2.46. The van der Waals surface area contributed by atoms with Crippen molar-refractivity contribution in [3.8, 4) is 0 Å². The molecule has 1 fully saturated rings. The third-order valence-electron chi connectivity index (χ3n) is 2.89. The first-order valence-corrected chi connectivity index (χ1v) is 5.53. The maximum Gasteiger partial charge on any atom is 0.0706 e. The maximum absolute atomic E-state index is 5.80. The Kier molecular flexibility index (Phi) is 4.20. The third-order valence-corrected chi connectivity index (χ3v) is 2.89. The summed E-state index contributed by atoms with van der Waals surface area (Å²) in [5, 5.41) is 0. The van der Waals surface area contributed by atoms with Crippen LogP contribution in [0, 0.1) is 0 Å². The molecule has 0 aliphatic carbocycles. The molecule has 0 aromatic heterocycles. The van der Waals surface area contributed by atoms with Gasteiger partial charge in [-0.1, -0.05) is 6.92 Å². The van der Waals surface area contributed by atoms with Gasteiger partial charge in [-0.25, -0.2) is 0 Å². The van der Waals surface area contributed by atoms with Gasteiger partial charge in [-0.15, -0.1) is 0 Å². The summed E-state index contributed by atoms with van der Waals surface area (Å²) in [6, 6.07) is 0.643. The monoisotopic (exact) mass is 185 g/mol. The summed E-state index contributed by atoms with van der Waals surface area (Å²) in [5.74, 6) is 0. The Hall–Kier alpha value is -0.0800. The Bertz CT molecular complexity index is 147. The summed E-state index contributed by atoms with van der Waals surface area (Å²) >= 11 is 0. The predicted molar refractivity (Wildman–Crippen MR) is 56.0 cm³/mol. The molecule has 1 rings (SSSR count). The largest absolute Gasteiger partial charge is 0.374 e. The zero-order valence-corrected chi connectivity index (χ0v) is 9.42. The molecule has 0 N–H and O–H groups in total. The SMILES string of the molecule is CCN(CC1CCC(C)O1)C(C)C. The van der Waals surface area contributed by atoms with Crippen LogP contribution in [0.2, 0.25) is 0 Å². The van der Waals surface area contributed by atoms with Gasteiger partial charge in [-0.05, 0) is 40.2 Å². The second-order valence-corrected chi connectivity index (χ2v) is 4.33. The first kappa shape index (κ1) is 11.0. The molecule has 0 aromatic carbocycles. The van der Waals surface area contributed by atoms with Crippen LogP contribution in [0.5, 0.6) is 0 Å². The molecule has 13 heavy (non-hydrogen) atoms. The van der Waals surface area contributed by atoms with Gasteiger partial charge in [0.25, 0.3) is 0 Å². The van der Waals surface area contributed by atoms with Crippen LogP contribution in [0.25, 0.3) is 0 Å². The fourth-order valence-electron chi connectivity index (χ4n) is 1.99. The van der Waals surface area contributed by atoms with Crippen molar-refractivity contribution in [3.05, 3.63) is 0 Å². The van der Waals surface area contributed by atoms with Crippen molar-refractivity contribution in [3.63, 3.8) is 0 Å². The maximum atomic E-state index is 5.80. The minimum atomic E-state index is 0.482. The van der Waals surface area contributed by atoms with Crippen molar-refractivity contribution in [2.75, 3.05) is 13.1 Å². The molecule has 1 heterocycles. The highest BCUT2D eigenvalue weighted by molar-refractivity contribution is 4.75. The van der Waals surface area contributed by atoms with Gasteiger partial charge in [0.05, 0.1) is 12.2 Å². The number of rotatable bonds is 4. The number of hydrogen-bond acceptors (Lipinski definition) is 2. The minimum absolute atomic E-state index is 0.482. The van der Waals surface area contributed by atoms with Gasteiger partial charge in [-0.2, -0.15) is 0 Å². The number of likely N-dealkylation sites (N-methyl/N-ethyl adjacent to an activating group) is 1. The van der Waals surface area contributed by atoms with E-state index < -0.39 is 0 Å². The van der Waals surface area contributed by atoms with Crippen molar-refractivity contribution in [2.45, 2.75) is 58.8 Å². The summed E-state index contributed by atoms with van der Waals surface area (Å²) < 4.78 is 5.80. The van der Waals surface area contributed by atoms with E-state index in [0.717, 1.165) is 13.1 Å². The lowest BCUT2D eigenvalue weighted by Gasteiger charge is -2.27. The lowest BCUT2D eigenvalue weighted by molar-refractivity contribution is 0.0261. The van der Waals surface area contributed by atoms with Gasteiger partial charge in [0.15, 0.2) is 0 Å². The quantitative estimate of drug-likeness (QED) is 0.666. The fraction of sp³-hybridized carbons (Fsp3) is 1.00. The first-order chi connectivity index (χ1) is 6.13. The van der Waals surface area contributed by atoms with Crippen molar-refractivity contribution in [2.24, 2.45) is 0 Å². The Morgan fingerprint density at radius 2 is 2.08 bits per heavy atom. The zero-order chi connectivity index (χ0) is 9.84. The number of hydrogen-bond donors (Lipinski definition) is 0. The van der Waals surface area contributed by atoms with Gasteiger partial charge in [0.2, 0.25) is 0 Å². The predicted octanol–water partition coefficient (Wildman–Crippen LogP) is 2.28. The molecule has 1 saturated heterocycles. The molecule has 1 aliphatic rings. The summed E-state index contributed by atoms with van der Waals surface area (Å²) in [7, 11) is 0. The molecule has 2 heteroatoms. The van der Waals surface area contributed by atoms with Crippen molar-refractivity contribution in [1.29, 1.82) is 0 Å². The van der Waals surface area contributed by atoms with Crippen LogP contribution in [0.15, 0.2) is 0 Å². The van der Waals surface area contributed by atoms with Crippen LogP contribution in [0.3, 0.4) is 0 Å². The summed E-state index contributed by atoms with van der Waals surface area (Å²) in [4.78, 5) is 2.47. The van der Waals surface area contributed by atoms with E-state index >= 15 is 0 Å². The standard InChI is InChI=1S/C11H23NO/c1-5-12(9(2)3)8-11-7-6-10(4)13-11/h9-11H,5-8H2,1-4H3. The highest BCUT2D eigenvalue weighted by atomic mass is 16.5. The number of nitrogens with zero attached hydrogens (tertiary/aromatic N) is 1. The number of ether oxygens (including phenoxy) is 1. The smallest absolute Gasteiger partial charge is 0.0706 e. The molecule has 0 spiro atoms. The minimum Gasteiger partial charge on any atom is -0.374 e. The Morgan fingerprint density at radius 1 is 1.38 bits per heavy atom. The molecule has 2 nitrogen and oxygen atoms in total. The van der Waals surface area contributed by atoms with E-state index in [0.29, 0.717) is 18.2 Å². The van der Waals surface area contributed by atoms with E-state index in [1.54, 1.807) is 0 Å². The van der Waals surface area contributed by atoms with E-state index in [4.69, 9.17) is 4.74 Å². The van der Waals surface area contributed by atoms with Gasteiger partial charge >= 0.3 is 0 Å². The highest BCUT2D eigenvalue weighted by Gasteiger charge is 2.24. The van der Waals surface area contributed by atoms with E-state index in [9.17, 15) is 0 Å². The molecule has 0 bridgehead atoms. The van der Waals surface area contributed by atoms with Gasteiger partial charge in [0.1, 0.15) is 0 Å². The highest BCUT2D eigenvalue weighted by Crippen LogP contribution is 2.20. The zero-order valence-electron chi connectivity index (χ0n) is 9.42. The second kappa shape index (κ2) is 4.97. The average molecular weight is 185 g/mol. The molecule has 0 radical (unpaired) electrons. The van der Waals surface area contributed by atoms with E-state index in [-0.39, 0.29) is 0 Å². The summed E-state index contributed by atoms with van der Waals surface area (Å²) in [5.41, 5.74) is 0. The molecule has 2 atom stereocenters. The van der Waals surface area contributed by atoms with E-state index in [2.05, 4.69) is 32.6 Å². The van der Waals surface area contributed by atoms with Crippen LogP contribution < -0.4 is 0 Å². The molecule has 0 saturated carbocycles. The van der Waals surface area contributed by atoms with Crippen LogP contribution >= 0.6 is 0 Å². The second-order valence-electron chi connectivity index (χ2n) is 4.33. The molecule has 0 amide bonds. The van der Waals surface area contributed by atoms with Crippen molar-refractivity contribution in [1.82, 2.24) is 4.90 Å². The normalized spacial score (nSPS) is 29.1.